The van der Waals surface area contributed by atoms with Gasteiger partial charge in [0.2, 0.25) is 0 Å². The van der Waals surface area contributed by atoms with E-state index < -0.39 is 0 Å². The maximum absolute atomic E-state index is 9.45. The fourth-order valence-corrected chi connectivity index (χ4v) is 2.39. The largest absolute Gasteiger partial charge is 0.393 e. The molecule has 1 N–H and O–H groups in total. The van der Waals surface area contributed by atoms with Crippen molar-refractivity contribution >= 4 is 17.6 Å². The number of thioether (sulfide) groups is 1. The summed E-state index contributed by atoms with van der Waals surface area (Å²) in [5.41, 5.74) is 0. The first kappa shape index (κ1) is 11.7. The van der Waals surface area contributed by atoms with Gasteiger partial charge in [0.25, 0.3) is 0 Å². The van der Waals surface area contributed by atoms with Crippen molar-refractivity contribution in [1.82, 2.24) is 9.97 Å². The molecule has 4 nitrogen and oxygen atoms in total. The summed E-state index contributed by atoms with van der Waals surface area (Å²) in [4.78, 5) is 11.0. The topological polar surface area (TPSA) is 49.2 Å². The van der Waals surface area contributed by atoms with E-state index in [1.165, 1.54) is 0 Å². The van der Waals surface area contributed by atoms with Crippen molar-refractivity contribution in [2.24, 2.45) is 0 Å². The third-order valence-electron chi connectivity index (χ3n) is 2.68. The number of aromatic nitrogens is 2. The van der Waals surface area contributed by atoms with Crippen molar-refractivity contribution in [1.29, 1.82) is 0 Å². The zero-order chi connectivity index (χ0) is 11.4. The Morgan fingerprint density at radius 3 is 2.88 bits per heavy atom. The van der Waals surface area contributed by atoms with Crippen LogP contribution in [0.4, 0.5) is 5.82 Å². The zero-order valence-corrected chi connectivity index (χ0v) is 10.3. The molecule has 0 aromatic carbocycles. The van der Waals surface area contributed by atoms with Crippen molar-refractivity contribution in [3.8, 4) is 0 Å². The Morgan fingerprint density at radius 1 is 1.44 bits per heavy atom. The molecule has 1 fully saturated rings. The van der Waals surface area contributed by atoms with Gasteiger partial charge in [-0.05, 0) is 18.6 Å². The standard InChI is InChI=1S/C11H17N3OS/c1-2-16-11-8-12-7-10(13-11)14-5-3-9(15)4-6-14/h7-9,15H,2-6H2,1H3. The molecule has 0 unspecified atom stereocenters. The maximum atomic E-state index is 9.45. The minimum atomic E-state index is -0.141. The highest BCUT2D eigenvalue weighted by Gasteiger charge is 2.18. The van der Waals surface area contributed by atoms with Gasteiger partial charge in [0.15, 0.2) is 0 Å². The first-order valence-electron chi connectivity index (χ1n) is 5.67. The van der Waals surface area contributed by atoms with E-state index in [2.05, 4.69) is 21.8 Å². The summed E-state index contributed by atoms with van der Waals surface area (Å²) in [5.74, 6) is 1.95. The molecule has 16 heavy (non-hydrogen) atoms. The van der Waals surface area contributed by atoms with Crippen LogP contribution in [0.2, 0.25) is 0 Å². The van der Waals surface area contributed by atoms with Gasteiger partial charge in [0, 0.05) is 13.1 Å². The summed E-state index contributed by atoms with van der Waals surface area (Å²) >= 11 is 1.70. The lowest BCUT2D eigenvalue weighted by Crippen LogP contribution is -2.36. The van der Waals surface area contributed by atoms with Gasteiger partial charge in [-0.2, -0.15) is 0 Å². The first-order chi connectivity index (χ1) is 7.79. The number of piperidine rings is 1. The summed E-state index contributed by atoms with van der Waals surface area (Å²) in [5, 5.41) is 10.4. The second-order valence-corrected chi connectivity index (χ2v) is 5.15. The van der Waals surface area contributed by atoms with Crippen LogP contribution in [0, 0.1) is 0 Å². The van der Waals surface area contributed by atoms with Crippen LogP contribution in [0.1, 0.15) is 19.8 Å². The number of aliphatic hydroxyl groups is 1. The Hall–Kier alpha value is -0.810. The molecule has 1 saturated heterocycles. The quantitative estimate of drug-likeness (QED) is 0.811. The first-order valence-corrected chi connectivity index (χ1v) is 6.66. The van der Waals surface area contributed by atoms with Gasteiger partial charge in [-0.3, -0.25) is 4.98 Å². The van der Waals surface area contributed by atoms with E-state index in [-0.39, 0.29) is 6.10 Å². The Labute approximate surface area is 100 Å². The van der Waals surface area contributed by atoms with Crippen LogP contribution in [-0.2, 0) is 0 Å². The number of aliphatic hydroxyl groups excluding tert-OH is 1. The average molecular weight is 239 g/mol. The number of nitrogens with zero attached hydrogens (tertiary/aromatic N) is 3. The van der Waals surface area contributed by atoms with Crippen LogP contribution in [0.5, 0.6) is 0 Å². The predicted molar refractivity (Wildman–Crippen MR) is 65.9 cm³/mol. The van der Waals surface area contributed by atoms with E-state index in [0.29, 0.717) is 0 Å². The third kappa shape index (κ3) is 2.86. The molecule has 88 valence electrons. The van der Waals surface area contributed by atoms with Gasteiger partial charge in [0.1, 0.15) is 10.8 Å². The van der Waals surface area contributed by atoms with E-state index in [9.17, 15) is 5.11 Å². The molecule has 0 radical (unpaired) electrons. The molecule has 0 spiro atoms. The molecule has 0 bridgehead atoms. The second-order valence-electron chi connectivity index (χ2n) is 3.87. The van der Waals surface area contributed by atoms with Crippen molar-refractivity contribution in [3.05, 3.63) is 12.4 Å². The molecule has 1 aliphatic rings. The fourth-order valence-electron chi connectivity index (χ4n) is 1.80. The van der Waals surface area contributed by atoms with Gasteiger partial charge >= 0.3 is 0 Å². The Morgan fingerprint density at radius 2 is 2.19 bits per heavy atom. The molecule has 2 rings (SSSR count). The lowest BCUT2D eigenvalue weighted by atomic mass is 10.1. The van der Waals surface area contributed by atoms with Crippen LogP contribution in [0.25, 0.3) is 0 Å². The van der Waals surface area contributed by atoms with Gasteiger partial charge in [-0.15, -0.1) is 11.8 Å². The molecular formula is C11H17N3OS. The number of anilines is 1. The van der Waals surface area contributed by atoms with E-state index in [1.54, 1.807) is 24.2 Å². The Balaban J connectivity index is 2.05. The smallest absolute Gasteiger partial charge is 0.148 e. The molecule has 5 heteroatoms. The van der Waals surface area contributed by atoms with Crippen molar-refractivity contribution in [2.75, 3.05) is 23.7 Å². The summed E-state index contributed by atoms with van der Waals surface area (Å²) < 4.78 is 0. The molecular weight excluding hydrogens is 222 g/mol. The van der Waals surface area contributed by atoms with Gasteiger partial charge in [0.05, 0.1) is 18.5 Å². The highest BCUT2D eigenvalue weighted by molar-refractivity contribution is 7.99. The number of hydrogen-bond acceptors (Lipinski definition) is 5. The fraction of sp³-hybridized carbons (Fsp3) is 0.636. The van der Waals surface area contributed by atoms with E-state index in [0.717, 1.165) is 42.5 Å². The lowest BCUT2D eigenvalue weighted by molar-refractivity contribution is 0.145. The summed E-state index contributed by atoms with van der Waals surface area (Å²) in [6.45, 7) is 3.85. The van der Waals surface area contributed by atoms with Gasteiger partial charge in [-0.25, -0.2) is 4.98 Å². The molecule has 1 aromatic rings. The molecule has 2 heterocycles. The average Bonchev–Trinajstić information content (AvgIpc) is 2.31. The van der Waals surface area contributed by atoms with Gasteiger partial charge in [-0.1, -0.05) is 6.92 Å². The molecule has 0 aliphatic carbocycles. The molecule has 1 aliphatic heterocycles. The summed E-state index contributed by atoms with van der Waals surface area (Å²) in [6.07, 6.45) is 5.12. The van der Waals surface area contributed by atoms with E-state index in [1.807, 2.05) is 0 Å². The van der Waals surface area contributed by atoms with Crippen LogP contribution in [0.15, 0.2) is 17.4 Å². The predicted octanol–water partition coefficient (Wildman–Crippen LogP) is 1.55. The molecule has 0 saturated carbocycles. The van der Waals surface area contributed by atoms with Crippen LogP contribution in [-0.4, -0.2) is 40.0 Å². The minimum absolute atomic E-state index is 0.141. The summed E-state index contributed by atoms with van der Waals surface area (Å²) in [6, 6.07) is 0. The highest BCUT2D eigenvalue weighted by Crippen LogP contribution is 2.20. The van der Waals surface area contributed by atoms with E-state index >= 15 is 0 Å². The maximum Gasteiger partial charge on any atom is 0.148 e. The van der Waals surface area contributed by atoms with Crippen LogP contribution in [0.3, 0.4) is 0 Å². The highest BCUT2D eigenvalue weighted by atomic mass is 32.2. The van der Waals surface area contributed by atoms with Crippen LogP contribution >= 0.6 is 11.8 Å². The lowest BCUT2D eigenvalue weighted by Gasteiger charge is -2.30. The van der Waals surface area contributed by atoms with Crippen molar-refractivity contribution in [2.45, 2.75) is 30.9 Å². The number of hydrogen-bond donors (Lipinski definition) is 1. The molecule has 0 amide bonds. The summed E-state index contributed by atoms with van der Waals surface area (Å²) in [7, 11) is 0. The monoisotopic (exact) mass is 239 g/mol. The van der Waals surface area contributed by atoms with Gasteiger partial charge < -0.3 is 10.0 Å². The minimum Gasteiger partial charge on any atom is -0.393 e. The van der Waals surface area contributed by atoms with Crippen molar-refractivity contribution < 1.29 is 5.11 Å². The third-order valence-corrected chi connectivity index (χ3v) is 3.46. The molecule has 1 aromatic heterocycles. The van der Waals surface area contributed by atoms with E-state index in [4.69, 9.17) is 0 Å². The van der Waals surface area contributed by atoms with Crippen LogP contribution < -0.4 is 4.90 Å². The Kier molecular flexibility index (Phi) is 4.01. The van der Waals surface area contributed by atoms with Crippen molar-refractivity contribution in [3.63, 3.8) is 0 Å². The number of rotatable bonds is 3. The normalized spacial score (nSPS) is 17.8. The zero-order valence-electron chi connectivity index (χ0n) is 9.46. The molecule has 0 atom stereocenters. The SMILES string of the molecule is CCSc1cncc(N2CCC(O)CC2)n1. The Bertz CT molecular complexity index is 340. The second kappa shape index (κ2) is 5.50.